The number of rotatable bonds is 9. The summed E-state index contributed by atoms with van der Waals surface area (Å²) in [6.45, 7) is 6.64. The van der Waals surface area contributed by atoms with Crippen molar-refractivity contribution in [3.63, 3.8) is 0 Å². The van der Waals surface area contributed by atoms with Gasteiger partial charge in [-0.3, -0.25) is 0 Å². The largest absolute Gasteiger partial charge is 1.00 e. The normalized spacial score (nSPS) is 10.3. The molecule has 0 aliphatic rings. The van der Waals surface area contributed by atoms with Crippen molar-refractivity contribution in [2.24, 2.45) is 0 Å². The Morgan fingerprint density at radius 1 is 0.800 bits per heavy atom. The Morgan fingerprint density at radius 3 is 1.60 bits per heavy atom. The maximum absolute atomic E-state index is 10.4. The summed E-state index contributed by atoms with van der Waals surface area (Å²) in [5.74, 6) is 0.571. The van der Waals surface area contributed by atoms with Gasteiger partial charge in [-0.25, -0.2) is 0 Å². The van der Waals surface area contributed by atoms with E-state index in [0.717, 1.165) is 32.1 Å². The van der Waals surface area contributed by atoms with Crippen molar-refractivity contribution >= 4 is 0 Å². The fraction of sp³-hybridized carbons (Fsp3) is 0.667. The van der Waals surface area contributed by atoms with Gasteiger partial charge in [0.2, 0.25) is 0 Å². The monoisotopic (exact) mass is 286 g/mol. The number of aromatic hydroxyl groups is 1. The summed E-state index contributed by atoms with van der Waals surface area (Å²) in [4.78, 5) is 0. The Bertz CT molecular complexity index is 350. The van der Waals surface area contributed by atoms with E-state index in [-0.39, 0.29) is 31.0 Å². The van der Waals surface area contributed by atoms with Crippen LogP contribution in [0.3, 0.4) is 0 Å². The average molecular weight is 286 g/mol. The van der Waals surface area contributed by atoms with Crippen LogP contribution in [-0.4, -0.2) is 5.11 Å². The molecule has 0 amide bonds. The Labute approximate surface area is 149 Å². The van der Waals surface area contributed by atoms with E-state index in [1.54, 1.807) is 0 Å². The van der Waals surface area contributed by atoms with Gasteiger partial charge in [0.1, 0.15) is 5.75 Å². The van der Waals surface area contributed by atoms with Crippen LogP contribution in [0.5, 0.6) is 5.75 Å². The number of benzene rings is 1. The fourth-order valence-electron chi connectivity index (χ4n) is 2.47. The first kappa shape index (κ1) is 20.0. The van der Waals surface area contributed by atoms with Crippen LogP contribution in [0, 0.1) is 0 Å². The fourth-order valence-corrected chi connectivity index (χ4v) is 2.47. The molecular formula is C18H31NaO. The van der Waals surface area contributed by atoms with Crippen molar-refractivity contribution in [2.45, 2.75) is 78.6 Å². The smallest absolute Gasteiger partial charge is 1.00 e. The predicted octanol–water partition coefficient (Wildman–Crippen LogP) is 2.54. The molecular weight excluding hydrogens is 255 g/mol. The van der Waals surface area contributed by atoms with E-state index in [4.69, 9.17) is 0 Å². The predicted molar refractivity (Wildman–Crippen MR) is 85.1 cm³/mol. The van der Waals surface area contributed by atoms with E-state index in [1.165, 1.54) is 42.4 Å². The molecule has 2 heteroatoms. The molecule has 1 nitrogen and oxygen atoms in total. The van der Waals surface area contributed by atoms with Crippen molar-refractivity contribution in [1.29, 1.82) is 0 Å². The van der Waals surface area contributed by atoms with Gasteiger partial charge in [0.25, 0.3) is 0 Å². The van der Waals surface area contributed by atoms with E-state index >= 15 is 0 Å². The van der Waals surface area contributed by atoms with E-state index in [0.29, 0.717) is 5.75 Å². The number of phenols is 1. The minimum absolute atomic E-state index is 0. The summed E-state index contributed by atoms with van der Waals surface area (Å²) >= 11 is 0. The van der Waals surface area contributed by atoms with Crippen LogP contribution >= 0.6 is 0 Å². The van der Waals surface area contributed by atoms with Gasteiger partial charge in [0.05, 0.1) is 0 Å². The van der Waals surface area contributed by atoms with E-state index in [9.17, 15) is 5.11 Å². The van der Waals surface area contributed by atoms with Gasteiger partial charge in [0.15, 0.2) is 0 Å². The van der Waals surface area contributed by atoms with E-state index in [1.807, 2.05) is 0 Å². The molecule has 0 unspecified atom stereocenters. The van der Waals surface area contributed by atoms with Gasteiger partial charge in [-0.15, -0.1) is 0 Å². The zero-order valence-electron chi connectivity index (χ0n) is 15.0. The first-order valence-corrected chi connectivity index (χ1v) is 8.06. The van der Waals surface area contributed by atoms with E-state index < -0.39 is 0 Å². The van der Waals surface area contributed by atoms with Crippen LogP contribution in [0.15, 0.2) is 12.1 Å². The Kier molecular flexibility index (Phi) is 11.7. The van der Waals surface area contributed by atoms with Crippen molar-refractivity contribution in [3.8, 4) is 5.75 Å². The summed E-state index contributed by atoms with van der Waals surface area (Å²) in [5.41, 5.74) is 3.75. The Hall–Kier alpha value is 0.0200. The maximum atomic E-state index is 10.4. The van der Waals surface area contributed by atoms with Crippen molar-refractivity contribution < 1.29 is 36.1 Å². The molecule has 0 saturated heterocycles. The van der Waals surface area contributed by atoms with Crippen molar-refractivity contribution in [2.75, 3.05) is 0 Å². The second kappa shape index (κ2) is 11.7. The zero-order valence-corrected chi connectivity index (χ0v) is 16.0. The molecule has 0 heterocycles. The molecule has 0 fully saturated rings. The van der Waals surface area contributed by atoms with Crippen molar-refractivity contribution in [3.05, 3.63) is 28.8 Å². The summed E-state index contributed by atoms with van der Waals surface area (Å²) in [7, 11) is 0. The quantitative estimate of drug-likeness (QED) is 0.692. The van der Waals surface area contributed by atoms with Gasteiger partial charge >= 0.3 is 29.6 Å². The molecule has 0 aliphatic heterocycles. The van der Waals surface area contributed by atoms with Crippen LogP contribution in [0.25, 0.3) is 0 Å². The van der Waals surface area contributed by atoms with Crippen LogP contribution in [0.1, 0.15) is 77.4 Å². The maximum Gasteiger partial charge on any atom is 1.00 e. The summed E-state index contributed by atoms with van der Waals surface area (Å²) < 4.78 is 0. The second-order valence-electron chi connectivity index (χ2n) is 5.57. The minimum atomic E-state index is 0. The SMILES string of the molecule is CCCCc1cc(CCCC)c(O)c(CCCC)c1.[H-].[Na+]. The van der Waals surface area contributed by atoms with Crippen LogP contribution in [0.4, 0.5) is 0 Å². The van der Waals surface area contributed by atoms with Crippen molar-refractivity contribution in [1.82, 2.24) is 0 Å². The van der Waals surface area contributed by atoms with Gasteiger partial charge in [-0.1, -0.05) is 52.2 Å². The van der Waals surface area contributed by atoms with Gasteiger partial charge < -0.3 is 6.53 Å². The molecule has 0 atom stereocenters. The summed E-state index contributed by atoms with van der Waals surface area (Å²) in [6, 6.07) is 4.46. The molecule has 1 aromatic carbocycles. The molecule has 0 bridgehead atoms. The van der Waals surface area contributed by atoms with Crippen LogP contribution in [-0.2, 0) is 19.3 Å². The van der Waals surface area contributed by atoms with Gasteiger partial charge in [-0.05, 0) is 55.2 Å². The number of hydrogen-bond donors (Lipinski definition) is 1. The molecule has 0 aromatic heterocycles. The number of aryl methyl sites for hydroxylation is 3. The first-order valence-electron chi connectivity index (χ1n) is 8.06. The van der Waals surface area contributed by atoms with E-state index in [2.05, 4.69) is 32.9 Å². The molecule has 0 spiro atoms. The van der Waals surface area contributed by atoms with Gasteiger partial charge in [0, 0.05) is 0 Å². The summed E-state index contributed by atoms with van der Waals surface area (Å²) in [5, 5.41) is 10.4. The average Bonchev–Trinajstić information content (AvgIpc) is 2.43. The molecule has 1 rings (SSSR count). The van der Waals surface area contributed by atoms with Gasteiger partial charge in [-0.2, -0.15) is 0 Å². The Balaban J connectivity index is 0. The molecule has 0 saturated carbocycles. The second-order valence-corrected chi connectivity index (χ2v) is 5.57. The molecule has 0 aliphatic carbocycles. The Morgan fingerprint density at radius 2 is 1.20 bits per heavy atom. The molecule has 1 aromatic rings. The van der Waals surface area contributed by atoms with Crippen LogP contribution in [0.2, 0.25) is 0 Å². The topological polar surface area (TPSA) is 20.2 Å². The zero-order chi connectivity index (χ0) is 14.1. The molecule has 1 N–H and O–H groups in total. The third-order valence-electron chi connectivity index (χ3n) is 3.75. The first-order chi connectivity index (χ1) is 9.22. The third kappa shape index (κ3) is 6.65. The molecule has 20 heavy (non-hydrogen) atoms. The molecule has 110 valence electrons. The molecule has 0 radical (unpaired) electrons. The van der Waals surface area contributed by atoms with Crippen LogP contribution < -0.4 is 29.6 Å². The standard InChI is InChI=1S/C18H30O.Na.H/c1-4-7-10-15-13-16(11-8-5-2)18(19)17(14-15)12-9-6-3;;/h13-14,19H,4-12H2,1-3H3;;/q;+1;-1. The number of hydrogen-bond acceptors (Lipinski definition) is 1. The number of unbranched alkanes of at least 4 members (excludes halogenated alkanes) is 3. The third-order valence-corrected chi connectivity index (χ3v) is 3.75. The summed E-state index contributed by atoms with van der Waals surface area (Å²) in [6.07, 6.45) is 10.3. The minimum Gasteiger partial charge on any atom is -1.00 e. The number of phenolic OH excluding ortho intramolecular Hbond substituents is 1.